The van der Waals surface area contributed by atoms with Crippen molar-refractivity contribution in [2.45, 2.75) is 53.5 Å². The summed E-state index contributed by atoms with van der Waals surface area (Å²) in [6, 6.07) is 0. The van der Waals surface area contributed by atoms with E-state index in [9.17, 15) is 4.79 Å². The summed E-state index contributed by atoms with van der Waals surface area (Å²) in [6.45, 7) is 11.1. The molecule has 0 aliphatic heterocycles. The van der Waals surface area contributed by atoms with Crippen LogP contribution in [-0.2, 0) is 17.8 Å². The van der Waals surface area contributed by atoms with Gasteiger partial charge in [0.05, 0.1) is 5.69 Å². The average Bonchev–Trinajstić information content (AvgIpc) is 2.67. The van der Waals surface area contributed by atoms with Gasteiger partial charge in [-0.2, -0.15) is 5.10 Å². The van der Waals surface area contributed by atoms with Crippen LogP contribution >= 0.6 is 0 Å². The molecule has 1 amide bonds. The number of nitrogens with zero attached hydrogens (tertiary/aromatic N) is 2. The van der Waals surface area contributed by atoms with Crippen LogP contribution in [0.2, 0.25) is 0 Å². The highest BCUT2D eigenvalue weighted by molar-refractivity contribution is 5.76. The normalized spacial score (nSPS) is 11.1. The zero-order chi connectivity index (χ0) is 15.8. The highest BCUT2D eigenvalue weighted by Gasteiger charge is 2.13. The van der Waals surface area contributed by atoms with Gasteiger partial charge in [-0.05, 0) is 51.8 Å². The maximum absolute atomic E-state index is 11.8. The summed E-state index contributed by atoms with van der Waals surface area (Å²) in [4.78, 5) is 11.8. The van der Waals surface area contributed by atoms with E-state index in [0.29, 0.717) is 12.3 Å². The number of nitrogens with one attached hydrogen (secondary N) is 2. The van der Waals surface area contributed by atoms with Crippen LogP contribution in [0.3, 0.4) is 0 Å². The average molecular weight is 294 g/mol. The van der Waals surface area contributed by atoms with Crippen LogP contribution in [0.4, 0.5) is 0 Å². The van der Waals surface area contributed by atoms with E-state index in [4.69, 9.17) is 0 Å². The lowest BCUT2D eigenvalue weighted by molar-refractivity contribution is -0.121. The Balaban J connectivity index is 2.48. The van der Waals surface area contributed by atoms with Gasteiger partial charge in [0, 0.05) is 25.2 Å². The smallest absolute Gasteiger partial charge is 0.220 e. The summed E-state index contributed by atoms with van der Waals surface area (Å²) in [7, 11) is 1.92. The van der Waals surface area contributed by atoms with Gasteiger partial charge in [0.15, 0.2) is 0 Å². The van der Waals surface area contributed by atoms with Crippen molar-refractivity contribution in [1.82, 2.24) is 20.4 Å². The molecule has 0 atom stereocenters. The Morgan fingerprint density at radius 1 is 1.29 bits per heavy atom. The SMILES string of the molecule is CNCCCNC(=O)CCc1c(C)nn(CC(C)C)c1C. The van der Waals surface area contributed by atoms with E-state index >= 15 is 0 Å². The van der Waals surface area contributed by atoms with Crippen LogP contribution in [0.5, 0.6) is 0 Å². The molecular weight excluding hydrogens is 264 g/mol. The zero-order valence-corrected chi connectivity index (χ0v) is 14.1. The van der Waals surface area contributed by atoms with Gasteiger partial charge in [-0.1, -0.05) is 13.8 Å². The van der Waals surface area contributed by atoms with Gasteiger partial charge in [0.1, 0.15) is 0 Å². The first-order valence-electron chi connectivity index (χ1n) is 7.89. The molecule has 0 spiro atoms. The van der Waals surface area contributed by atoms with E-state index in [2.05, 4.69) is 41.2 Å². The Kier molecular flexibility index (Phi) is 7.43. The van der Waals surface area contributed by atoms with Gasteiger partial charge in [0.2, 0.25) is 5.91 Å². The number of hydrogen-bond acceptors (Lipinski definition) is 3. The van der Waals surface area contributed by atoms with Gasteiger partial charge in [-0.25, -0.2) is 0 Å². The Morgan fingerprint density at radius 2 is 2.00 bits per heavy atom. The Bertz CT molecular complexity index is 451. The summed E-state index contributed by atoms with van der Waals surface area (Å²) in [5, 5.41) is 10.6. The van der Waals surface area contributed by atoms with E-state index in [1.54, 1.807) is 0 Å². The fraction of sp³-hybridized carbons (Fsp3) is 0.750. The van der Waals surface area contributed by atoms with Crippen molar-refractivity contribution >= 4 is 5.91 Å². The van der Waals surface area contributed by atoms with Crippen molar-refractivity contribution in [1.29, 1.82) is 0 Å². The Hall–Kier alpha value is -1.36. The van der Waals surface area contributed by atoms with Gasteiger partial charge >= 0.3 is 0 Å². The number of carbonyl (C=O) groups is 1. The number of aromatic nitrogens is 2. The number of aryl methyl sites for hydroxylation is 1. The molecule has 1 heterocycles. The molecule has 0 aromatic carbocycles. The van der Waals surface area contributed by atoms with E-state index < -0.39 is 0 Å². The minimum absolute atomic E-state index is 0.126. The molecule has 0 aliphatic rings. The molecule has 120 valence electrons. The molecule has 2 N–H and O–H groups in total. The molecule has 0 saturated heterocycles. The molecule has 0 unspecified atom stereocenters. The predicted octanol–water partition coefficient (Wildman–Crippen LogP) is 1.81. The lowest BCUT2D eigenvalue weighted by Gasteiger charge is -2.08. The Morgan fingerprint density at radius 3 is 2.62 bits per heavy atom. The number of rotatable bonds is 9. The van der Waals surface area contributed by atoms with Crippen molar-refractivity contribution in [2.24, 2.45) is 5.92 Å². The van der Waals surface area contributed by atoms with Crippen LogP contribution < -0.4 is 10.6 Å². The summed E-state index contributed by atoms with van der Waals surface area (Å²) >= 11 is 0. The minimum Gasteiger partial charge on any atom is -0.356 e. The second-order valence-corrected chi connectivity index (χ2v) is 6.03. The molecule has 1 aromatic rings. The molecule has 0 aliphatic carbocycles. The van der Waals surface area contributed by atoms with Crippen molar-refractivity contribution in [3.05, 3.63) is 17.0 Å². The summed E-state index contributed by atoms with van der Waals surface area (Å²) in [5.74, 6) is 0.702. The predicted molar refractivity (Wildman–Crippen MR) is 86.4 cm³/mol. The molecule has 0 bridgehead atoms. The lowest BCUT2D eigenvalue weighted by Crippen LogP contribution is -2.26. The van der Waals surface area contributed by atoms with Gasteiger partial charge < -0.3 is 10.6 Å². The van der Waals surface area contributed by atoms with E-state index in [1.165, 1.54) is 11.3 Å². The van der Waals surface area contributed by atoms with Gasteiger partial charge in [-0.15, -0.1) is 0 Å². The molecule has 0 saturated carbocycles. The molecule has 1 aromatic heterocycles. The summed E-state index contributed by atoms with van der Waals surface area (Å²) in [5.41, 5.74) is 3.47. The number of hydrogen-bond donors (Lipinski definition) is 2. The van der Waals surface area contributed by atoms with E-state index in [0.717, 1.165) is 38.2 Å². The fourth-order valence-electron chi connectivity index (χ4n) is 2.44. The van der Waals surface area contributed by atoms with E-state index in [-0.39, 0.29) is 5.91 Å². The van der Waals surface area contributed by atoms with Gasteiger partial charge in [-0.3, -0.25) is 9.48 Å². The molecule has 5 heteroatoms. The summed E-state index contributed by atoms with van der Waals surface area (Å²) < 4.78 is 2.07. The van der Waals surface area contributed by atoms with Gasteiger partial charge in [0.25, 0.3) is 0 Å². The van der Waals surface area contributed by atoms with Crippen LogP contribution in [0.25, 0.3) is 0 Å². The summed E-state index contributed by atoms with van der Waals surface area (Å²) in [6.07, 6.45) is 2.27. The fourth-order valence-corrected chi connectivity index (χ4v) is 2.44. The van der Waals surface area contributed by atoms with Crippen molar-refractivity contribution in [2.75, 3.05) is 20.1 Å². The first-order chi connectivity index (χ1) is 9.95. The topological polar surface area (TPSA) is 58.9 Å². The zero-order valence-electron chi connectivity index (χ0n) is 14.1. The third kappa shape index (κ3) is 5.87. The van der Waals surface area contributed by atoms with Crippen LogP contribution in [0, 0.1) is 19.8 Å². The lowest BCUT2D eigenvalue weighted by atomic mass is 10.1. The van der Waals surface area contributed by atoms with Crippen molar-refractivity contribution < 1.29 is 4.79 Å². The maximum atomic E-state index is 11.8. The van der Waals surface area contributed by atoms with Crippen LogP contribution in [0.15, 0.2) is 0 Å². The first-order valence-corrected chi connectivity index (χ1v) is 7.89. The van der Waals surface area contributed by atoms with Crippen LogP contribution in [0.1, 0.15) is 43.6 Å². The number of carbonyl (C=O) groups excluding carboxylic acids is 1. The molecule has 1 rings (SSSR count). The van der Waals surface area contributed by atoms with Crippen molar-refractivity contribution in [3.8, 4) is 0 Å². The highest BCUT2D eigenvalue weighted by Crippen LogP contribution is 2.16. The quantitative estimate of drug-likeness (QED) is 0.683. The molecule has 21 heavy (non-hydrogen) atoms. The monoisotopic (exact) mass is 294 g/mol. The van der Waals surface area contributed by atoms with E-state index in [1.807, 2.05) is 14.0 Å². The molecule has 5 nitrogen and oxygen atoms in total. The second-order valence-electron chi connectivity index (χ2n) is 6.03. The molecular formula is C16H30N4O. The third-order valence-electron chi connectivity index (χ3n) is 3.60. The standard InChI is InChI=1S/C16H30N4O/c1-12(2)11-20-14(4)15(13(3)19-20)7-8-16(21)18-10-6-9-17-5/h12,17H,6-11H2,1-5H3,(H,18,21). The largest absolute Gasteiger partial charge is 0.356 e. The first kappa shape index (κ1) is 17.7. The molecule has 0 fully saturated rings. The molecule has 0 radical (unpaired) electrons. The number of amides is 1. The Labute approximate surface area is 128 Å². The second kappa shape index (κ2) is 8.82. The minimum atomic E-state index is 0.126. The van der Waals surface area contributed by atoms with Crippen LogP contribution in [-0.4, -0.2) is 35.8 Å². The van der Waals surface area contributed by atoms with Crippen molar-refractivity contribution in [3.63, 3.8) is 0 Å². The maximum Gasteiger partial charge on any atom is 0.220 e. The highest BCUT2D eigenvalue weighted by atomic mass is 16.1. The third-order valence-corrected chi connectivity index (χ3v) is 3.60.